The van der Waals surface area contributed by atoms with E-state index in [4.69, 9.17) is 5.73 Å². The molecule has 5 aliphatic rings. The smallest absolute Gasteiger partial charge is 0.255 e. The number of amides is 1. The molecule has 0 bridgehead atoms. The normalized spacial score (nSPS) is 33.1. The summed E-state index contributed by atoms with van der Waals surface area (Å²) in [5.74, 6) is -8.00. The molecule has 6 atom stereocenters. The quantitative estimate of drug-likeness (QED) is 0.209. The number of ketones is 2. The van der Waals surface area contributed by atoms with Crippen LogP contribution in [0.4, 0.5) is 10.1 Å². The predicted molar refractivity (Wildman–Crippen MR) is 140 cm³/mol. The zero-order valence-electron chi connectivity index (χ0n) is 22.3. The number of Topliss-reactive ketones (excluding diaryl/α,β-unsaturated/α-hetero) is 2. The first kappa shape index (κ1) is 26.7. The number of phenolic OH excluding ortho intramolecular Hbond substituents is 1. The lowest BCUT2D eigenvalue weighted by molar-refractivity contribution is -0.146. The van der Waals surface area contributed by atoms with Crippen LogP contribution in [0.15, 0.2) is 22.7 Å². The Balaban J connectivity index is 1.52. The fraction of sp³-hybridized carbons (Fsp3) is 0.536. The first-order chi connectivity index (χ1) is 18.9. The number of aliphatic hydroxyl groups excluding tert-OH is 2. The van der Waals surface area contributed by atoms with Gasteiger partial charge in [0.05, 0.1) is 17.3 Å². The SMILES string of the molecule is CCCN[C@@H]1C(O)=C(C(N)=O)C(=O)[C@@]2(O)C(O)=C3C(=O)c4c(O)c5c(c(F)c4C[C@H]3C[C@@H]12)C1C(CCN1C)CN5. The molecule has 1 fully saturated rings. The number of halogens is 1. The molecule has 2 unspecified atom stereocenters. The van der Waals surface area contributed by atoms with Gasteiger partial charge in [-0.1, -0.05) is 6.92 Å². The highest BCUT2D eigenvalue weighted by molar-refractivity contribution is 6.25. The van der Waals surface area contributed by atoms with E-state index >= 15 is 4.39 Å². The number of phenols is 1. The van der Waals surface area contributed by atoms with Crippen molar-refractivity contribution in [3.8, 4) is 5.75 Å². The van der Waals surface area contributed by atoms with E-state index in [1.165, 1.54) is 0 Å². The molecule has 0 aromatic heterocycles. The number of fused-ring (bicyclic) bond motifs is 6. The Morgan fingerprint density at radius 3 is 2.67 bits per heavy atom. The minimum absolute atomic E-state index is 0.0220. The number of carbonyl (C=O) groups is 3. The highest BCUT2D eigenvalue weighted by Crippen LogP contribution is 2.55. The van der Waals surface area contributed by atoms with Crippen LogP contribution in [0.2, 0.25) is 0 Å². The van der Waals surface area contributed by atoms with Crippen molar-refractivity contribution in [3.63, 3.8) is 0 Å². The summed E-state index contributed by atoms with van der Waals surface area (Å²) < 4.78 is 16.3. The second kappa shape index (κ2) is 9.02. The number of aromatic hydroxyl groups is 1. The second-order valence-electron chi connectivity index (χ2n) is 11.6. The topological polar surface area (TPSA) is 185 Å². The Labute approximate surface area is 229 Å². The summed E-state index contributed by atoms with van der Waals surface area (Å²) in [5, 5.41) is 51.4. The van der Waals surface area contributed by atoms with E-state index < -0.39 is 69.6 Å². The number of anilines is 1. The third kappa shape index (κ3) is 3.29. The Kier molecular flexibility index (Phi) is 6.02. The number of aliphatic hydroxyl groups is 3. The van der Waals surface area contributed by atoms with Crippen LogP contribution >= 0.6 is 0 Å². The summed E-state index contributed by atoms with van der Waals surface area (Å²) in [5.41, 5.74) is 1.60. The summed E-state index contributed by atoms with van der Waals surface area (Å²) in [6.45, 7) is 3.45. The van der Waals surface area contributed by atoms with E-state index in [-0.39, 0.29) is 47.2 Å². The van der Waals surface area contributed by atoms with E-state index in [2.05, 4.69) is 10.6 Å². The van der Waals surface area contributed by atoms with Gasteiger partial charge in [0.15, 0.2) is 17.1 Å². The minimum atomic E-state index is -2.73. The van der Waals surface area contributed by atoms with Crippen LogP contribution in [0.25, 0.3) is 0 Å². The van der Waals surface area contributed by atoms with Gasteiger partial charge in [-0.3, -0.25) is 19.3 Å². The van der Waals surface area contributed by atoms with Gasteiger partial charge in [-0.25, -0.2) is 4.39 Å². The molecule has 214 valence electrons. The van der Waals surface area contributed by atoms with Gasteiger partial charge in [0, 0.05) is 35.2 Å². The summed E-state index contributed by atoms with van der Waals surface area (Å²) >= 11 is 0. The highest BCUT2D eigenvalue weighted by atomic mass is 19.1. The number of rotatable bonds is 4. The molecule has 2 aliphatic heterocycles. The minimum Gasteiger partial charge on any atom is -0.510 e. The molecule has 12 heteroatoms. The van der Waals surface area contributed by atoms with Crippen LogP contribution in [0, 0.1) is 23.6 Å². The standard InChI is InChI=1S/C28H33FN4O7/c1-3-5-31-19-13-8-11-7-12-15(23(35)20-16(18(12)29)21-10(9-32-20)4-6-33(21)2)22(34)14(11)25(37)28(13,40)26(38)17(24(19)36)27(30)39/h10-11,13,19,21,31-32,35-37,40H,3-9H2,1-2H3,(H2,30,39)/t10?,11-,13-,19-,21?,28-/m0/s1. The maximum absolute atomic E-state index is 16.3. The zero-order valence-corrected chi connectivity index (χ0v) is 22.3. The Morgan fingerprint density at radius 2 is 2.00 bits per heavy atom. The number of primary amides is 1. The van der Waals surface area contributed by atoms with Crippen molar-refractivity contribution in [3.05, 3.63) is 45.2 Å². The maximum atomic E-state index is 16.3. The van der Waals surface area contributed by atoms with Crippen LogP contribution in [0.1, 0.15) is 53.7 Å². The average Bonchev–Trinajstić information content (AvgIpc) is 3.29. The van der Waals surface area contributed by atoms with Gasteiger partial charge in [-0.05, 0) is 57.7 Å². The summed E-state index contributed by atoms with van der Waals surface area (Å²) in [4.78, 5) is 41.5. The molecule has 11 nitrogen and oxygen atoms in total. The van der Waals surface area contributed by atoms with Crippen molar-refractivity contribution in [1.82, 2.24) is 10.2 Å². The molecule has 1 aromatic rings. The average molecular weight is 557 g/mol. The van der Waals surface area contributed by atoms with Crippen molar-refractivity contribution in [2.75, 3.05) is 32.0 Å². The monoisotopic (exact) mass is 556 g/mol. The van der Waals surface area contributed by atoms with Crippen molar-refractivity contribution in [2.45, 2.75) is 50.3 Å². The summed E-state index contributed by atoms with van der Waals surface area (Å²) in [6, 6.07) is -1.40. The van der Waals surface area contributed by atoms with Crippen molar-refractivity contribution in [1.29, 1.82) is 0 Å². The van der Waals surface area contributed by atoms with E-state index in [0.29, 0.717) is 25.1 Å². The van der Waals surface area contributed by atoms with Crippen LogP contribution in [0.5, 0.6) is 5.75 Å². The van der Waals surface area contributed by atoms with Gasteiger partial charge in [-0.15, -0.1) is 0 Å². The third-order valence-corrected chi connectivity index (χ3v) is 9.57. The van der Waals surface area contributed by atoms with Gasteiger partial charge in [-0.2, -0.15) is 0 Å². The number of nitrogens with one attached hydrogen (secondary N) is 2. The first-order valence-electron chi connectivity index (χ1n) is 13.7. The number of benzene rings is 1. The molecule has 0 saturated carbocycles. The van der Waals surface area contributed by atoms with E-state index in [9.17, 15) is 34.8 Å². The van der Waals surface area contributed by atoms with E-state index in [0.717, 1.165) is 13.0 Å². The lowest BCUT2D eigenvalue weighted by Crippen LogP contribution is -2.64. The fourth-order valence-electron chi connectivity index (χ4n) is 7.71. The maximum Gasteiger partial charge on any atom is 0.255 e. The Bertz CT molecular complexity index is 1440. The Morgan fingerprint density at radius 1 is 1.27 bits per heavy atom. The Hall–Kier alpha value is -3.48. The van der Waals surface area contributed by atoms with Gasteiger partial charge >= 0.3 is 0 Å². The van der Waals surface area contributed by atoms with Crippen LogP contribution < -0.4 is 16.4 Å². The molecule has 1 aromatic carbocycles. The van der Waals surface area contributed by atoms with Crippen LogP contribution in [-0.4, -0.2) is 81.1 Å². The molecule has 40 heavy (non-hydrogen) atoms. The summed E-state index contributed by atoms with van der Waals surface area (Å²) in [7, 11) is 1.89. The van der Waals surface area contributed by atoms with E-state index in [1.807, 2.05) is 18.9 Å². The predicted octanol–water partition coefficient (Wildman–Crippen LogP) is 1.12. The molecule has 1 saturated heterocycles. The summed E-state index contributed by atoms with van der Waals surface area (Å²) in [6.07, 6.45) is 1.30. The number of nitrogens with two attached hydrogens (primary N) is 1. The van der Waals surface area contributed by atoms with Gasteiger partial charge in [0.1, 0.15) is 22.9 Å². The fourth-order valence-corrected chi connectivity index (χ4v) is 7.71. The molecule has 3 aliphatic carbocycles. The lowest BCUT2D eigenvalue weighted by Gasteiger charge is -2.49. The number of likely N-dealkylation sites (tertiary alicyclic amines) is 1. The number of allylic oxidation sites excluding steroid dienone is 1. The third-order valence-electron chi connectivity index (χ3n) is 9.57. The molecule has 1 amide bonds. The van der Waals surface area contributed by atoms with E-state index in [1.54, 1.807) is 0 Å². The molecule has 2 heterocycles. The van der Waals surface area contributed by atoms with Crippen molar-refractivity contribution < 1.29 is 39.2 Å². The van der Waals surface area contributed by atoms with Gasteiger partial charge in [0.2, 0.25) is 5.78 Å². The highest BCUT2D eigenvalue weighted by Gasteiger charge is 2.63. The number of hydrogen-bond donors (Lipinski definition) is 7. The lowest BCUT2D eigenvalue weighted by atomic mass is 9.58. The zero-order chi connectivity index (χ0) is 28.8. The van der Waals surface area contributed by atoms with Crippen molar-refractivity contribution in [2.24, 2.45) is 23.5 Å². The van der Waals surface area contributed by atoms with Gasteiger partial charge < -0.3 is 36.8 Å². The van der Waals surface area contributed by atoms with Crippen LogP contribution in [-0.2, 0) is 16.0 Å². The molecule has 6 rings (SSSR count). The second-order valence-corrected chi connectivity index (χ2v) is 11.6. The van der Waals surface area contributed by atoms with Crippen molar-refractivity contribution >= 4 is 23.2 Å². The number of carbonyl (C=O) groups excluding carboxylic acids is 3. The number of nitrogens with zero attached hydrogens (tertiary/aromatic N) is 1. The molecular formula is C28H33FN4O7. The molecule has 0 radical (unpaired) electrons. The first-order valence-corrected chi connectivity index (χ1v) is 13.7. The van der Waals surface area contributed by atoms with Gasteiger partial charge in [0.25, 0.3) is 5.91 Å². The largest absolute Gasteiger partial charge is 0.510 e. The number of hydrogen-bond acceptors (Lipinski definition) is 10. The molecule has 0 spiro atoms. The van der Waals surface area contributed by atoms with Crippen LogP contribution in [0.3, 0.4) is 0 Å². The molecular weight excluding hydrogens is 523 g/mol. The molecule has 8 N–H and O–H groups in total.